The molecule has 0 aromatic heterocycles. The first-order valence-corrected chi connectivity index (χ1v) is 13.6. The fourth-order valence-corrected chi connectivity index (χ4v) is 0. The molecule has 0 rings (SSSR count). The minimum Gasteiger partial charge on any atom is 0 e. The topological polar surface area (TPSA) is 0 Å². The summed E-state index contributed by atoms with van der Waals surface area (Å²) in [6.45, 7) is 5.02. The van der Waals surface area contributed by atoms with Crippen molar-refractivity contribution in [3.05, 3.63) is 0 Å². The molecule has 0 N–H and O–H groups in total. The van der Waals surface area contributed by atoms with Gasteiger partial charge in [-0.25, -0.2) is 0 Å². The number of hydrogen-bond donors (Lipinski definition) is 0. The van der Waals surface area contributed by atoms with Crippen molar-refractivity contribution in [2.75, 3.05) is 0 Å². The van der Waals surface area contributed by atoms with Gasteiger partial charge in [0.25, 0.3) is 0 Å². The van der Waals surface area contributed by atoms with Crippen molar-refractivity contribution in [3.8, 4) is 0 Å². The van der Waals surface area contributed by atoms with Crippen LogP contribution in [0, 0.1) is 31.1 Å². The number of halogens is 1. The van der Waals surface area contributed by atoms with Gasteiger partial charge in [-0.2, -0.15) is 0 Å². The average Bonchev–Trinajstić information content (AvgIpc) is 1.37. The molecule has 0 aliphatic heterocycles. The Morgan fingerprint density at radius 3 is 2.00 bits per heavy atom. The van der Waals surface area contributed by atoms with Crippen LogP contribution in [0.3, 0.4) is 0 Å². The van der Waals surface area contributed by atoms with Crippen LogP contribution in [-0.2, 0) is 22.1 Å². The normalized spacial score (nSPS) is 3.20. The summed E-state index contributed by atoms with van der Waals surface area (Å²) < 4.78 is 0. The molecule has 0 aromatic rings. The van der Waals surface area contributed by atoms with Crippen LogP contribution in [0.5, 0.6) is 0 Å². The third-order valence-corrected chi connectivity index (χ3v) is 6.12. The Labute approximate surface area is 80.1 Å². The molecule has 0 aliphatic carbocycles. The van der Waals surface area contributed by atoms with Gasteiger partial charge in [0.1, 0.15) is 0 Å². The summed E-state index contributed by atoms with van der Waals surface area (Å²) in [7, 11) is 0. The van der Waals surface area contributed by atoms with Gasteiger partial charge in [-0.1, -0.05) is 0 Å². The second-order valence-corrected chi connectivity index (χ2v) is 13.0. The molecule has 0 atom stereocenters. The third kappa shape index (κ3) is 11.0. The van der Waals surface area contributed by atoms with Crippen LogP contribution >= 0.6 is 22.5 Å². The molecule has 0 aliphatic rings. The van der Waals surface area contributed by atoms with Gasteiger partial charge in [-0.15, -0.1) is 0 Å². The molecule has 0 amide bonds. The van der Waals surface area contributed by atoms with E-state index in [1.54, 1.807) is 0 Å². The van der Waals surface area contributed by atoms with Crippen LogP contribution < -0.4 is 0 Å². The molecule has 0 fully saturated rings. The monoisotopic (exact) mass is 497 g/mol. The van der Waals surface area contributed by atoms with Crippen LogP contribution in [0.2, 0.25) is 0 Å². The van der Waals surface area contributed by atoms with Gasteiger partial charge in [0.05, 0.1) is 0 Å². The average molecular weight is 497 g/mol. The van der Waals surface area contributed by atoms with E-state index in [-0.39, 0.29) is 53.2 Å². The van der Waals surface area contributed by atoms with E-state index >= 15 is 0 Å². The summed E-state index contributed by atoms with van der Waals surface area (Å²) in [5.41, 5.74) is 0. The van der Waals surface area contributed by atoms with Crippen molar-refractivity contribution < 1.29 is 53.2 Å². The molecule has 0 saturated carbocycles. The number of rotatable bonds is 0. The largest absolute Gasteiger partial charge is 0 e. The summed E-state index contributed by atoms with van der Waals surface area (Å²) in [6.07, 6.45) is 1.53. The molecule has 0 bridgehead atoms. The Hall–Kier alpha value is 3.17. The van der Waals surface area contributed by atoms with Crippen molar-refractivity contribution in [2.45, 2.75) is 0 Å². The summed E-state index contributed by atoms with van der Waals surface area (Å²) in [5, 5.41) is 0. The first-order chi connectivity index (χ1) is 1.91. The zero-order valence-electron chi connectivity index (χ0n) is 2.44. The minimum absolute atomic E-state index is 0. The van der Waals surface area contributed by atoms with Crippen LogP contribution in [0.1, 0.15) is 0 Å². The second kappa shape index (κ2) is 10.2. The molecule has 0 unspecified atom stereocenters. The fraction of sp³-hybridized carbons (Fsp3) is 0. The molecule has 0 heterocycles. The van der Waals surface area contributed by atoms with Crippen LogP contribution in [0.25, 0.3) is 0 Å². The van der Waals surface area contributed by atoms with Crippen LogP contribution in [0.4, 0.5) is 0 Å². The molecule has 0 nitrogen and oxygen atoms in total. The summed E-state index contributed by atoms with van der Waals surface area (Å²) in [5.74, 6) is 0. The quantitative estimate of drug-likeness (QED) is 0.349. The van der Waals surface area contributed by atoms with E-state index in [1.165, 1.54) is 6.16 Å². The maximum absolute atomic E-state index is 5.02. The fourth-order valence-electron chi connectivity index (χ4n) is 0. The van der Waals surface area contributed by atoms with Gasteiger partial charge < -0.3 is 0 Å². The van der Waals surface area contributed by atoms with Gasteiger partial charge in [0, 0.05) is 31.1 Å². The summed E-state index contributed by atoms with van der Waals surface area (Å²) in [6, 6.07) is 0. The molecule has 0 aromatic carbocycles. The van der Waals surface area contributed by atoms with Gasteiger partial charge >= 0.3 is 51.4 Å². The van der Waals surface area contributed by atoms with Gasteiger partial charge in [0.15, 0.2) is 0 Å². The molecule has 5 heteroatoms. The first kappa shape index (κ1) is 11.0. The van der Waals surface area contributed by atoms with E-state index in [1.807, 2.05) is 0 Å². The zero-order valence-corrected chi connectivity index (χ0v) is 12.4. The Balaban J connectivity index is 0. The van der Waals surface area contributed by atoms with Gasteiger partial charge in [-0.3, -0.25) is 0 Å². The Morgan fingerprint density at radius 1 is 1.80 bits per heavy atom. The predicted octanol–water partition coefficient (Wildman–Crippen LogP) is 1.15. The van der Waals surface area contributed by atoms with E-state index in [0.717, 1.165) is 0 Å². The zero-order chi connectivity index (χ0) is 3.41. The maximum atomic E-state index is 5.02. The van der Waals surface area contributed by atoms with Crippen LogP contribution in [0.15, 0.2) is 0 Å². The van der Waals surface area contributed by atoms with E-state index in [4.69, 9.17) is 6.72 Å². The van der Waals surface area contributed by atoms with Crippen molar-refractivity contribution in [1.82, 2.24) is 0 Å². The van der Waals surface area contributed by atoms with Crippen molar-refractivity contribution in [2.24, 2.45) is 0 Å². The molecule has 1 radical (unpaired) electrons. The molecule has 5 heavy (non-hydrogen) atoms. The van der Waals surface area contributed by atoms with Crippen LogP contribution in [-0.4, -0.2) is 6.72 Å². The van der Waals surface area contributed by atoms with Crippen molar-refractivity contribution in [1.29, 1.82) is 0 Å². The van der Waals surface area contributed by atoms with Crippen molar-refractivity contribution in [3.63, 3.8) is 0 Å². The third-order valence-electron chi connectivity index (χ3n) is 0.0514. The molecule has 0 saturated heterocycles. The Bertz CT molecular complexity index is 49.6. The smallest absolute Gasteiger partial charge is 0 e. The second-order valence-electron chi connectivity index (χ2n) is 0.225. The molecular formula is BISUY. The predicted molar refractivity (Wildman–Crippen MR) is 27.4 cm³/mol. The summed E-state index contributed by atoms with van der Waals surface area (Å²) >= 11 is 2.14. The molecular weight excluding hydrogens is 497 g/mol. The van der Waals surface area contributed by atoms with Crippen molar-refractivity contribution >= 4 is 29.2 Å². The van der Waals surface area contributed by atoms with Gasteiger partial charge in [-0.05, 0) is 0 Å². The van der Waals surface area contributed by atoms with E-state index in [2.05, 4.69) is 16.3 Å². The number of hydrogen-bond acceptors (Lipinski definition) is 0. The minimum atomic E-state index is -0.241. The molecule has 23 valence electrons. The van der Waals surface area contributed by atoms with E-state index in [0.29, 0.717) is 0 Å². The summed E-state index contributed by atoms with van der Waals surface area (Å²) in [4.78, 5) is 0. The van der Waals surface area contributed by atoms with E-state index in [9.17, 15) is 0 Å². The van der Waals surface area contributed by atoms with E-state index < -0.39 is 0 Å². The Kier molecular flexibility index (Phi) is 22.5. The van der Waals surface area contributed by atoms with Gasteiger partial charge in [0.2, 0.25) is 0 Å². The standard InChI is InChI=1S/BS.HI.U.Y/c1-2;;;/h;1H;;/q;;;+1/p-1. The Morgan fingerprint density at radius 2 is 2.00 bits per heavy atom. The maximum Gasteiger partial charge on any atom is 0 e. The first-order valence-electron chi connectivity index (χ1n) is 0.690. The SMILES string of the molecule is [B]=[S]=[Y][I].[U]. The molecule has 0 spiro atoms.